The van der Waals surface area contributed by atoms with E-state index in [-0.39, 0.29) is 6.03 Å². The first-order valence-corrected chi connectivity index (χ1v) is 7.00. The van der Waals surface area contributed by atoms with Gasteiger partial charge >= 0.3 is 6.03 Å². The van der Waals surface area contributed by atoms with Crippen LogP contribution in [0.2, 0.25) is 5.02 Å². The highest BCUT2D eigenvalue weighted by atomic mass is 35.5. The number of carbonyl (C=O) groups is 1. The van der Waals surface area contributed by atoms with Crippen LogP contribution in [0.15, 0.2) is 24.3 Å². The lowest BCUT2D eigenvalue weighted by molar-refractivity contribution is 0.0520. The smallest absolute Gasteiger partial charge is 0.319 e. The third-order valence-corrected chi connectivity index (χ3v) is 3.41. The van der Waals surface area contributed by atoms with Crippen molar-refractivity contribution in [2.75, 3.05) is 25.1 Å². The van der Waals surface area contributed by atoms with Crippen LogP contribution in [0.25, 0.3) is 0 Å². The second kappa shape index (κ2) is 7.36. The molecule has 1 unspecified atom stereocenters. The number of rotatable bonds is 4. The monoisotopic (exact) mass is 282 g/mol. The molecule has 1 aliphatic rings. The van der Waals surface area contributed by atoms with Crippen molar-refractivity contribution in [3.8, 4) is 0 Å². The van der Waals surface area contributed by atoms with E-state index in [1.807, 2.05) is 0 Å². The molecule has 0 aromatic heterocycles. The normalized spacial score (nSPS) is 18.9. The topological polar surface area (TPSA) is 50.4 Å². The van der Waals surface area contributed by atoms with Gasteiger partial charge in [-0.2, -0.15) is 0 Å². The maximum Gasteiger partial charge on any atom is 0.319 e. The maximum absolute atomic E-state index is 11.7. The average Bonchev–Trinajstić information content (AvgIpc) is 2.40. The van der Waals surface area contributed by atoms with Crippen molar-refractivity contribution in [2.24, 2.45) is 5.92 Å². The lowest BCUT2D eigenvalue weighted by Crippen LogP contribution is -2.31. The van der Waals surface area contributed by atoms with E-state index in [1.54, 1.807) is 24.3 Å². The van der Waals surface area contributed by atoms with Gasteiger partial charge in [0, 0.05) is 30.5 Å². The molecule has 2 amide bonds. The number of benzene rings is 1. The number of nitrogens with one attached hydrogen (secondary N) is 2. The number of amides is 2. The molecule has 5 heteroatoms. The van der Waals surface area contributed by atoms with Crippen molar-refractivity contribution < 1.29 is 9.53 Å². The summed E-state index contributed by atoms with van der Waals surface area (Å²) in [6, 6.07) is 6.90. The summed E-state index contributed by atoms with van der Waals surface area (Å²) in [4.78, 5) is 11.7. The highest BCUT2D eigenvalue weighted by molar-refractivity contribution is 6.30. The fraction of sp³-hybridized carbons (Fsp3) is 0.500. The Morgan fingerprint density at radius 3 is 3.11 bits per heavy atom. The van der Waals surface area contributed by atoms with Gasteiger partial charge in [-0.1, -0.05) is 17.7 Å². The molecule has 0 saturated carbocycles. The summed E-state index contributed by atoms with van der Waals surface area (Å²) in [6.07, 6.45) is 3.28. The first-order chi connectivity index (χ1) is 9.24. The van der Waals surface area contributed by atoms with Gasteiger partial charge in [0.1, 0.15) is 0 Å². The van der Waals surface area contributed by atoms with Crippen molar-refractivity contribution in [3.63, 3.8) is 0 Å². The molecule has 1 saturated heterocycles. The van der Waals surface area contributed by atoms with E-state index in [0.717, 1.165) is 26.1 Å². The molecular weight excluding hydrogens is 264 g/mol. The number of hydrogen-bond acceptors (Lipinski definition) is 2. The zero-order chi connectivity index (χ0) is 13.5. The minimum atomic E-state index is -0.195. The van der Waals surface area contributed by atoms with Gasteiger partial charge in [-0.15, -0.1) is 0 Å². The Kier molecular flexibility index (Phi) is 5.48. The average molecular weight is 283 g/mol. The summed E-state index contributed by atoms with van der Waals surface area (Å²) >= 11 is 5.85. The molecule has 0 spiro atoms. The van der Waals surface area contributed by atoms with Gasteiger partial charge < -0.3 is 15.4 Å². The molecule has 0 bridgehead atoms. The summed E-state index contributed by atoms with van der Waals surface area (Å²) < 4.78 is 5.41. The van der Waals surface area contributed by atoms with Crippen molar-refractivity contribution in [2.45, 2.75) is 19.3 Å². The molecule has 19 heavy (non-hydrogen) atoms. The molecule has 104 valence electrons. The van der Waals surface area contributed by atoms with Gasteiger partial charge in [-0.05, 0) is 43.4 Å². The van der Waals surface area contributed by atoms with Crippen molar-refractivity contribution in [1.82, 2.24) is 5.32 Å². The molecular formula is C14H19ClN2O2. The molecule has 0 aliphatic carbocycles. The van der Waals surface area contributed by atoms with Crippen LogP contribution in [0.5, 0.6) is 0 Å². The summed E-state index contributed by atoms with van der Waals surface area (Å²) in [6.45, 7) is 2.36. The largest absolute Gasteiger partial charge is 0.381 e. The van der Waals surface area contributed by atoms with Crippen LogP contribution in [0.3, 0.4) is 0 Å². The predicted octanol–water partition coefficient (Wildman–Crippen LogP) is 3.28. The third-order valence-electron chi connectivity index (χ3n) is 3.18. The van der Waals surface area contributed by atoms with Crippen molar-refractivity contribution in [1.29, 1.82) is 0 Å². The van der Waals surface area contributed by atoms with Crippen molar-refractivity contribution >= 4 is 23.3 Å². The van der Waals surface area contributed by atoms with Gasteiger partial charge in [-0.25, -0.2) is 4.79 Å². The van der Waals surface area contributed by atoms with Crippen LogP contribution in [-0.4, -0.2) is 25.8 Å². The number of ether oxygens (including phenoxy) is 1. The SMILES string of the molecule is O=C(NCCC1CCCOC1)Nc1cccc(Cl)c1. The highest BCUT2D eigenvalue weighted by Gasteiger charge is 2.13. The first-order valence-electron chi connectivity index (χ1n) is 6.62. The van der Waals surface area contributed by atoms with E-state index in [0.29, 0.717) is 23.2 Å². The second-order valence-electron chi connectivity index (χ2n) is 4.76. The van der Waals surface area contributed by atoms with E-state index in [2.05, 4.69) is 10.6 Å². The minimum Gasteiger partial charge on any atom is -0.381 e. The van der Waals surface area contributed by atoms with Crippen LogP contribution >= 0.6 is 11.6 Å². The Hall–Kier alpha value is -1.26. The summed E-state index contributed by atoms with van der Waals surface area (Å²) in [7, 11) is 0. The molecule has 1 aromatic carbocycles. The molecule has 1 aromatic rings. The molecule has 1 heterocycles. The van der Waals surface area contributed by atoms with Gasteiger partial charge in [-0.3, -0.25) is 0 Å². The fourth-order valence-electron chi connectivity index (χ4n) is 2.17. The maximum atomic E-state index is 11.7. The number of carbonyl (C=O) groups excluding carboxylic acids is 1. The number of hydrogen-bond donors (Lipinski definition) is 2. The van der Waals surface area contributed by atoms with E-state index in [9.17, 15) is 4.79 Å². The second-order valence-corrected chi connectivity index (χ2v) is 5.20. The van der Waals surface area contributed by atoms with Crippen LogP contribution in [0, 0.1) is 5.92 Å². The molecule has 2 rings (SSSR count). The third kappa shape index (κ3) is 5.09. The van der Waals surface area contributed by atoms with Gasteiger partial charge in [0.25, 0.3) is 0 Å². The van der Waals surface area contributed by atoms with Gasteiger partial charge in [0.15, 0.2) is 0 Å². The lowest BCUT2D eigenvalue weighted by Gasteiger charge is -2.21. The standard InChI is InChI=1S/C14H19ClN2O2/c15-12-4-1-5-13(9-12)17-14(18)16-7-6-11-3-2-8-19-10-11/h1,4-5,9,11H,2-3,6-8,10H2,(H2,16,17,18). The van der Waals surface area contributed by atoms with Gasteiger partial charge in [0.05, 0.1) is 0 Å². The number of halogens is 1. The van der Waals surface area contributed by atoms with Gasteiger partial charge in [0.2, 0.25) is 0 Å². The van der Waals surface area contributed by atoms with E-state index >= 15 is 0 Å². The Morgan fingerprint density at radius 1 is 1.47 bits per heavy atom. The van der Waals surface area contributed by atoms with E-state index < -0.39 is 0 Å². The van der Waals surface area contributed by atoms with Crippen LogP contribution in [-0.2, 0) is 4.74 Å². The molecule has 0 radical (unpaired) electrons. The van der Waals surface area contributed by atoms with Crippen LogP contribution in [0.4, 0.5) is 10.5 Å². The highest BCUT2D eigenvalue weighted by Crippen LogP contribution is 2.16. The minimum absolute atomic E-state index is 0.195. The quantitative estimate of drug-likeness (QED) is 0.890. The van der Waals surface area contributed by atoms with Crippen LogP contribution in [0.1, 0.15) is 19.3 Å². The summed E-state index contributed by atoms with van der Waals surface area (Å²) in [5.74, 6) is 0.570. The fourth-order valence-corrected chi connectivity index (χ4v) is 2.36. The predicted molar refractivity (Wildman–Crippen MR) is 76.6 cm³/mol. The molecule has 2 N–H and O–H groups in total. The van der Waals surface area contributed by atoms with E-state index in [4.69, 9.17) is 16.3 Å². The van der Waals surface area contributed by atoms with Crippen LogP contribution < -0.4 is 10.6 Å². The zero-order valence-corrected chi connectivity index (χ0v) is 11.6. The molecule has 1 aliphatic heterocycles. The molecule has 1 fully saturated rings. The summed E-state index contributed by atoms with van der Waals surface area (Å²) in [5.41, 5.74) is 0.700. The molecule has 4 nitrogen and oxygen atoms in total. The van der Waals surface area contributed by atoms with Crippen molar-refractivity contribution in [3.05, 3.63) is 29.3 Å². The lowest BCUT2D eigenvalue weighted by atomic mass is 9.99. The Balaban J connectivity index is 1.67. The number of urea groups is 1. The first kappa shape index (κ1) is 14.2. The Bertz CT molecular complexity index is 420. The zero-order valence-electron chi connectivity index (χ0n) is 10.8. The Morgan fingerprint density at radius 2 is 2.37 bits per heavy atom. The Labute approximate surface area is 118 Å². The van der Waals surface area contributed by atoms with E-state index in [1.165, 1.54) is 6.42 Å². The summed E-state index contributed by atoms with van der Waals surface area (Å²) in [5, 5.41) is 6.21. The molecule has 1 atom stereocenters. The number of anilines is 1.